The molecular weight excluding hydrogens is 356 g/mol. The van der Waals surface area contributed by atoms with Crippen molar-refractivity contribution in [1.82, 2.24) is 9.47 Å². The number of amides is 1. The molecule has 128 valence electrons. The van der Waals surface area contributed by atoms with Crippen molar-refractivity contribution in [3.8, 4) is 0 Å². The van der Waals surface area contributed by atoms with Gasteiger partial charge in [-0.3, -0.25) is 9.69 Å². The van der Waals surface area contributed by atoms with Crippen molar-refractivity contribution >= 4 is 46.3 Å². The van der Waals surface area contributed by atoms with Gasteiger partial charge < -0.3 is 14.5 Å². The summed E-state index contributed by atoms with van der Waals surface area (Å²) in [7, 11) is 1.88. The standard InChI is InChI=1S/C18H16N2O3S2/c1-19-8-7-13(11-19)10-15-16(21)20(18(24)25-15)14(17(22)23)9-12-5-3-2-4-6-12/h2-8,10-11,14H,9H2,1H3,(H,22,23)/p-1/b15-10+/t14-/m1/s1. The zero-order valence-electron chi connectivity index (χ0n) is 13.4. The van der Waals surface area contributed by atoms with Crippen LogP contribution in [0.1, 0.15) is 11.1 Å². The van der Waals surface area contributed by atoms with Crippen LogP contribution in [0.4, 0.5) is 0 Å². The normalized spacial score (nSPS) is 17.3. The van der Waals surface area contributed by atoms with Gasteiger partial charge in [-0.25, -0.2) is 0 Å². The number of hydrogen-bond donors (Lipinski definition) is 0. The lowest BCUT2D eigenvalue weighted by molar-refractivity contribution is -0.310. The summed E-state index contributed by atoms with van der Waals surface area (Å²) in [5.41, 5.74) is 1.66. The molecule has 1 amide bonds. The van der Waals surface area contributed by atoms with Crippen LogP contribution in [0.15, 0.2) is 53.7 Å². The van der Waals surface area contributed by atoms with Crippen molar-refractivity contribution in [3.63, 3.8) is 0 Å². The summed E-state index contributed by atoms with van der Waals surface area (Å²) >= 11 is 6.37. The number of benzene rings is 1. The molecule has 0 radical (unpaired) electrons. The molecule has 0 aliphatic carbocycles. The van der Waals surface area contributed by atoms with Crippen LogP contribution >= 0.6 is 24.0 Å². The highest BCUT2D eigenvalue weighted by Crippen LogP contribution is 2.34. The van der Waals surface area contributed by atoms with Crippen molar-refractivity contribution in [2.24, 2.45) is 7.05 Å². The van der Waals surface area contributed by atoms with Gasteiger partial charge in [0.05, 0.1) is 16.9 Å². The topological polar surface area (TPSA) is 65.4 Å². The zero-order chi connectivity index (χ0) is 18.0. The van der Waals surface area contributed by atoms with E-state index in [2.05, 4.69) is 0 Å². The minimum atomic E-state index is -1.32. The molecule has 1 aliphatic rings. The van der Waals surface area contributed by atoms with Crippen LogP contribution < -0.4 is 5.11 Å². The van der Waals surface area contributed by atoms with E-state index in [1.807, 2.05) is 60.4 Å². The largest absolute Gasteiger partial charge is 0.548 e. The van der Waals surface area contributed by atoms with E-state index in [1.165, 1.54) is 0 Å². The summed E-state index contributed by atoms with van der Waals surface area (Å²) in [6.07, 6.45) is 5.60. The first-order chi connectivity index (χ1) is 12.0. The maximum absolute atomic E-state index is 12.7. The number of aliphatic carboxylic acids is 1. The van der Waals surface area contributed by atoms with E-state index < -0.39 is 17.9 Å². The van der Waals surface area contributed by atoms with E-state index in [-0.39, 0.29) is 10.7 Å². The Kier molecular flexibility index (Phi) is 5.06. The minimum Gasteiger partial charge on any atom is -0.548 e. The summed E-state index contributed by atoms with van der Waals surface area (Å²) in [4.78, 5) is 25.9. The second-order valence-electron chi connectivity index (χ2n) is 5.69. The molecule has 1 saturated heterocycles. The maximum Gasteiger partial charge on any atom is 0.266 e. The van der Waals surface area contributed by atoms with Crippen LogP contribution in [0, 0.1) is 0 Å². The first-order valence-corrected chi connectivity index (χ1v) is 8.82. The van der Waals surface area contributed by atoms with E-state index in [1.54, 1.807) is 6.08 Å². The zero-order valence-corrected chi connectivity index (χ0v) is 15.0. The Balaban J connectivity index is 1.86. The Morgan fingerprint density at radius 3 is 2.64 bits per heavy atom. The van der Waals surface area contributed by atoms with E-state index in [0.29, 0.717) is 4.91 Å². The van der Waals surface area contributed by atoms with Crippen molar-refractivity contribution in [2.75, 3.05) is 0 Å². The fraction of sp³-hybridized carbons (Fsp3) is 0.167. The lowest BCUT2D eigenvalue weighted by Crippen LogP contribution is -2.51. The first-order valence-electron chi connectivity index (χ1n) is 7.59. The van der Waals surface area contributed by atoms with E-state index >= 15 is 0 Å². The molecule has 1 fully saturated rings. The molecule has 25 heavy (non-hydrogen) atoms. The molecule has 1 aliphatic heterocycles. The number of thioether (sulfide) groups is 1. The van der Waals surface area contributed by atoms with Crippen LogP contribution in [0.5, 0.6) is 0 Å². The average Bonchev–Trinajstić information content (AvgIpc) is 3.10. The van der Waals surface area contributed by atoms with Crippen LogP contribution in [0.3, 0.4) is 0 Å². The number of hydrogen-bond acceptors (Lipinski definition) is 5. The number of carboxylic acid groups (broad SMARTS) is 1. The highest BCUT2D eigenvalue weighted by molar-refractivity contribution is 8.26. The number of thiocarbonyl (C=S) groups is 1. The summed E-state index contributed by atoms with van der Waals surface area (Å²) < 4.78 is 2.10. The summed E-state index contributed by atoms with van der Waals surface area (Å²) in [5.74, 6) is -1.72. The summed E-state index contributed by atoms with van der Waals surface area (Å²) in [6.45, 7) is 0. The molecule has 0 N–H and O–H groups in total. The van der Waals surface area contributed by atoms with Gasteiger partial charge in [-0.05, 0) is 29.7 Å². The van der Waals surface area contributed by atoms with Crippen molar-refractivity contribution in [2.45, 2.75) is 12.5 Å². The Morgan fingerprint density at radius 2 is 2.04 bits per heavy atom. The van der Waals surface area contributed by atoms with Crippen LogP contribution in [0.25, 0.3) is 6.08 Å². The number of rotatable bonds is 5. The van der Waals surface area contributed by atoms with Crippen LogP contribution in [0.2, 0.25) is 0 Å². The fourth-order valence-corrected chi connectivity index (χ4v) is 3.98. The number of carbonyl (C=O) groups is 2. The molecule has 0 spiro atoms. The van der Waals surface area contributed by atoms with Crippen LogP contribution in [-0.4, -0.2) is 31.7 Å². The predicted octanol–water partition coefficient (Wildman–Crippen LogP) is 1.59. The van der Waals surface area contributed by atoms with Gasteiger partial charge in [0.2, 0.25) is 0 Å². The van der Waals surface area contributed by atoms with Gasteiger partial charge in [-0.1, -0.05) is 54.3 Å². The van der Waals surface area contributed by atoms with Gasteiger partial charge in [0, 0.05) is 19.4 Å². The van der Waals surface area contributed by atoms with Gasteiger partial charge in [0.1, 0.15) is 4.32 Å². The molecule has 1 aromatic carbocycles. The molecule has 0 saturated carbocycles. The number of aryl methyl sites for hydroxylation is 1. The average molecular weight is 371 g/mol. The van der Waals surface area contributed by atoms with Gasteiger partial charge >= 0.3 is 0 Å². The highest BCUT2D eigenvalue weighted by Gasteiger charge is 2.37. The van der Waals surface area contributed by atoms with Gasteiger partial charge in [-0.15, -0.1) is 0 Å². The van der Waals surface area contributed by atoms with Crippen molar-refractivity contribution < 1.29 is 14.7 Å². The quantitative estimate of drug-likeness (QED) is 0.590. The van der Waals surface area contributed by atoms with Crippen molar-refractivity contribution in [3.05, 3.63) is 64.8 Å². The van der Waals surface area contributed by atoms with Crippen LogP contribution in [-0.2, 0) is 23.1 Å². The third kappa shape index (κ3) is 3.83. The Bertz CT molecular complexity index is 858. The molecule has 1 atom stereocenters. The highest BCUT2D eigenvalue weighted by atomic mass is 32.2. The summed E-state index contributed by atoms with van der Waals surface area (Å²) in [6, 6.07) is 9.85. The second-order valence-corrected chi connectivity index (χ2v) is 7.36. The third-order valence-electron chi connectivity index (χ3n) is 3.83. The molecule has 0 bridgehead atoms. The molecule has 2 aromatic rings. The van der Waals surface area contributed by atoms with Gasteiger partial charge in [0.25, 0.3) is 5.91 Å². The summed E-state index contributed by atoms with van der Waals surface area (Å²) in [5, 5.41) is 11.7. The molecule has 1 aromatic heterocycles. The van der Waals surface area contributed by atoms with Gasteiger partial charge in [0.15, 0.2) is 0 Å². The Morgan fingerprint density at radius 1 is 1.32 bits per heavy atom. The molecular formula is C18H15N2O3S2-. The minimum absolute atomic E-state index is 0.147. The maximum atomic E-state index is 12.7. The SMILES string of the molecule is Cn1ccc(/C=C2/SC(=S)N([C@H](Cc3ccccc3)C(=O)[O-])C2=O)c1. The molecule has 2 heterocycles. The number of aromatic nitrogens is 1. The monoisotopic (exact) mass is 371 g/mol. The molecule has 3 rings (SSSR count). The van der Waals surface area contributed by atoms with E-state index in [0.717, 1.165) is 27.8 Å². The third-order valence-corrected chi connectivity index (χ3v) is 5.16. The fourth-order valence-electron chi connectivity index (χ4n) is 2.63. The second kappa shape index (κ2) is 7.25. The first kappa shape index (κ1) is 17.4. The van der Waals surface area contributed by atoms with E-state index in [9.17, 15) is 14.7 Å². The predicted molar refractivity (Wildman–Crippen MR) is 99.4 cm³/mol. The Hall–Kier alpha value is -2.38. The Labute approximate surface area is 154 Å². The van der Waals surface area contributed by atoms with Crippen molar-refractivity contribution in [1.29, 1.82) is 0 Å². The number of carbonyl (C=O) groups excluding carboxylic acids is 2. The molecule has 5 nitrogen and oxygen atoms in total. The lowest BCUT2D eigenvalue weighted by Gasteiger charge is -2.27. The van der Waals surface area contributed by atoms with E-state index in [4.69, 9.17) is 12.2 Å². The van der Waals surface area contributed by atoms with Gasteiger partial charge in [-0.2, -0.15) is 0 Å². The molecule has 7 heteroatoms. The lowest BCUT2D eigenvalue weighted by atomic mass is 10.0. The number of nitrogens with zero attached hydrogens (tertiary/aromatic N) is 2. The number of carboxylic acids is 1. The molecule has 0 unspecified atom stereocenters. The smallest absolute Gasteiger partial charge is 0.266 e.